The fourth-order valence-corrected chi connectivity index (χ4v) is 2.79. The lowest BCUT2D eigenvalue weighted by molar-refractivity contribution is -0.128. The summed E-state index contributed by atoms with van der Waals surface area (Å²) in [5.74, 6) is -1.54. The molecule has 6 heteroatoms. The van der Waals surface area contributed by atoms with Crippen molar-refractivity contribution in [3.05, 3.63) is 65.0 Å². The third kappa shape index (κ3) is 3.96. The molecule has 0 aromatic heterocycles. The van der Waals surface area contributed by atoms with Gasteiger partial charge >= 0.3 is 0 Å². The molecule has 1 aliphatic rings. The zero-order valence-electron chi connectivity index (χ0n) is 13.8. The molecule has 0 aliphatic heterocycles. The Morgan fingerprint density at radius 2 is 1.84 bits per heavy atom. The van der Waals surface area contributed by atoms with Crippen LogP contribution in [0.15, 0.2) is 42.5 Å². The van der Waals surface area contributed by atoms with Crippen LogP contribution in [0.1, 0.15) is 34.8 Å². The Bertz CT molecular complexity index is 807. The fourth-order valence-electron chi connectivity index (χ4n) is 2.79. The molecule has 2 aromatic carbocycles. The van der Waals surface area contributed by atoms with Crippen molar-refractivity contribution in [2.24, 2.45) is 0 Å². The number of hydrogen-bond acceptors (Lipinski definition) is 3. The first-order valence-electron chi connectivity index (χ1n) is 8.18. The smallest absolute Gasteiger partial charge is 0.279 e. The molecule has 25 heavy (non-hydrogen) atoms. The zero-order valence-corrected chi connectivity index (χ0v) is 13.8. The number of rotatable bonds is 4. The molecule has 1 aliphatic carbocycles. The number of hydrazine groups is 1. The summed E-state index contributed by atoms with van der Waals surface area (Å²) in [6.07, 6.45) is 2.15. The van der Waals surface area contributed by atoms with Gasteiger partial charge < -0.3 is 4.74 Å². The van der Waals surface area contributed by atoms with Gasteiger partial charge in [0.25, 0.3) is 11.8 Å². The molecule has 130 valence electrons. The molecule has 2 aromatic rings. The monoisotopic (exact) mass is 342 g/mol. The minimum Gasteiger partial charge on any atom is -0.478 e. The van der Waals surface area contributed by atoms with Crippen LogP contribution in [-0.2, 0) is 17.6 Å². The number of amides is 2. The first-order valence-corrected chi connectivity index (χ1v) is 8.18. The molecule has 0 heterocycles. The quantitative estimate of drug-likeness (QED) is 0.839. The molecular weight excluding hydrogens is 323 g/mol. The van der Waals surface area contributed by atoms with Crippen molar-refractivity contribution < 1.29 is 18.7 Å². The van der Waals surface area contributed by atoms with E-state index in [-0.39, 0.29) is 5.75 Å². The topological polar surface area (TPSA) is 67.4 Å². The van der Waals surface area contributed by atoms with E-state index in [0.717, 1.165) is 19.3 Å². The lowest BCUT2D eigenvalue weighted by Gasteiger charge is -2.15. The summed E-state index contributed by atoms with van der Waals surface area (Å²) >= 11 is 0. The van der Waals surface area contributed by atoms with Crippen LogP contribution in [0.5, 0.6) is 5.75 Å². The SMILES string of the molecule is C[C@H](Oc1ccccc1F)C(=O)NNC(=O)c1ccc2c(c1)CCC2. The second kappa shape index (κ2) is 7.34. The molecule has 0 bridgehead atoms. The molecule has 0 saturated heterocycles. The van der Waals surface area contributed by atoms with Crippen molar-refractivity contribution in [2.45, 2.75) is 32.3 Å². The Morgan fingerprint density at radius 1 is 1.08 bits per heavy atom. The van der Waals surface area contributed by atoms with Crippen LogP contribution < -0.4 is 15.6 Å². The van der Waals surface area contributed by atoms with Gasteiger partial charge in [0.05, 0.1) is 0 Å². The summed E-state index contributed by atoms with van der Waals surface area (Å²) in [6.45, 7) is 1.48. The van der Waals surface area contributed by atoms with E-state index in [1.165, 1.54) is 36.2 Å². The zero-order chi connectivity index (χ0) is 17.8. The molecule has 1 atom stereocenters. The fraction of sp³-hybridized carbons (Fsp3) is 0.263. The van der Waals surface area contributed by atoms with Crippen LogP contribution in [0.4, 0.5) is 4.39 Å². The van der Waals surface area contributed by atoms with Gasteiger partial charge in [0.2, 0.25) is 0 Å². The Morgan fingerprint density at radius 3 is 2.64 bits per heavy atom. The highest BCUT2D eigenvalue weighted by atomic mass is 19.1. The van der Waals surface area contributed by atoms with Crippen LogP contribution in [0, 0.1) is 5.82 Å². The van der Waals surface area contributed by atoms with Gasteiger partial charge in [0, 0.05) is 5.56 Å². The molecule has 0 unspecified atom stereocenters. The summed E-state index contributed by atoms with van der Waals surface area (Å²) in [5.41, 5.74) is 7.60. The van der Waals surface area contributed by atoms with Crippen LogP contribution in [0.25, 0.3) is 0 Å². The highest BCUT2D eigenvalue weighted by molar-refractivity contribution is 5.96. The lowest BCUT2D eigenvalue weighted by Crippen LogP contribution is -2.47. The highest BCUT2D eigenvalue weighted by Gasteiger charge is 2.18. The van der Waals surface area contributed by atoms with Gasteiger partial charge in [-0.05, 0) is 61.6 Å². The van der Waals surface area contributed by atoms with E-state index in [2.05, 4.69) is 10.9 Å². The molecule has 3 rings (SSSR count). The average molecular weight is 342 g/mol. The van der Waals surface area contributed by atoms with E-state index in [1.54, 1.807) is 12.1 Å². The maximum absolute atomic E-state index is 13.5. The van der Waals surface area contributed by atoms with E-state index in [0.29, 0.717) is 5.56 Å². The number of fused-ring (bicyclic) bond motifs is 1. The molecule has 2 amide bonds. The van der Waals surface area contributed by atoms with Crippen LogP contribution in [0.2, 0.25) is 0 Å². The van der Waals surface area contributed by atoms with Gasteiger partial charge in [-0.25, -0.2) is 4.39 Å². The molecular formula is C19H19FN2O3. The van der Waals surface area contributed by atoms with Crippen LogP contribution >= 0.6 is 0 Å². The maximum atomic E-state index is 13.5. The van der Waals surface area contributed by atoms with E-state index in [1.807, 2.05) is 12.1 Å². The maximum Gasteiger partial charge on any atom is 0.279 e. The number of para-hydroxylation sites is 1. The van der Waals surface area contributed by atoms with Gasteiger partial charge in [0.1, 0.15) is 0 Å². The molecule has 0 spiro atoms. The Labute approximate surface area is 145 Å². The number of nitrogens with one attached hydrogen (secondary N) is 2. The van der Waals surface area contributed by atoms with E-state index < -0.39 is 23.7 Å². The van der Waals surface area contributed by atoms with Crippen LogP contribution in [0.3, 0.4) is 0 Å². The third-order valence-electron chi connectivity index (χ3n) is 4.17. The first-order chi connectivity index (χ1) is 12.0. The van der Waals surface area contributed by atoms with Crippen molar-refractivity contribution in [3.8, 4) is 5.75 Å². The number of ether oxygens (including phenoxy) is 1. The first kappa shape index (κ1) is 17.0. The number of benzene rings is 2. The Hall–Kier alpha value is -2.89. The minimum atomic E-state index is -0.961. The summed E-state index contributed by atoms with van der Waals surface area (Å²) in [4.78, 5) is 24.2. The van der Waals surface area contributed by atoms with Gasteiger partial charge in [-0.1, -0.05) is 18.2 Å². The summed E-state index contributed by atoms with van der Waals surface area (Å²) < 4.78 is 18.8. The molecule has 0 fully saturated rings. The number of hydrogen-bond donors (Lipinski definition) is 2. The number of carbonyl (C=O) groups is 2. The predicted molar refractivity (Wildman–Crippen MR) is 90.6 cm³/mol. The largest absolute Gasteiger partial charge is 0.478 e. The van der Waals surface area contributed by atoms with Crippen LogP contribution in [-0.4, -0.2) is 17.9 Å². The van der Waals surface area contributed by atoms with Crippen molar-refractivity contribution in [3.63, 3.8) is 0 Å². The van der Waals surface area contributed by atoms with Gasteiger partial charge in [-0.2, -0.15) is 0 Å². The van der Waals surface area contributed by atoms with Crippen molar-refractivity contribution in [1.82, 2.24) is 10.9 Å². The lowest BCUT2D eigenvalue weighted by atomic mass is 10.1. The van der Waals surface area contributed by atoms with E-state index in [9.17, 15) is 14.0 Å². The summed E-state index contributed by atoms with van der Waals surface area (Å²) in [6, 6.07) is 11.4. The van der Waals surface area contributed by atoms with Gasteiger partial charge in [-0.15, -0.1) is 0 Å². The van der Waals surface area contributed by atoms with E-state index >= 15 is 0 Å². The standard InChI is InChI=1S/C19H19FN2O3/c1-12(25-17-8-3-2-7-16(17)20)18(23)21-22-19(24)15-10-9-13-5-4-6-14(13)11-15/h2-3,7-12H,4-6H2,1H3,(H,21,23)(H,22,24)/t12-/m0/s1. The second-order valence-electron chi connectivity index (χ2n) is 5.97. The molecule has 2 N–H and O–H groups in total. The number of halogens is 1. The normalized spacial score (nSPS) is 13.7. The van der Waals surface area contributed by atoms with Crippen molar-refractivity contribution in [2.75, 3.05) is 0 Å². The molecule has 0 saturated carbocycles. The van der Waals surface area contributed by atoms with Crippen molar-refractivity contribution >= 4 is 11.8 Å². The summed E-state index contributed by atoms with van der Waals surface area (Å²) in [5, 5.41) is 0. The highest BCUT2D eigenvalue weighted by Crippen LogP contribution is 2.22. The van der Waals surface area contributed by atoms with Gasteiger partial charge in [-0.3, -0.25) is 20.4 Å². The second-order valence-corrected chi connectivity index (χ2v) is 5.97. The van der Waals surface area contributed by atoms with Gasteiger partial charge in [0.15, 0.2) is 17.7 Å². The van der Waals surface area contributed by atoms with E-state index in [4.69, 9.17) is 4.74 Å². The minimum absolute atomic E-state index is 0.0184. The summed E-state index contributed by atoms with van der Waals surface area (Å²) in [7, 11) is 0. The van der Waals surface area contributed by atoms with Crippen molar-refractivity contribution in [1.29, 1.82) is 0 Å². The molecule has 5 nitrogen and oxygen atoms in total. The predicted octanol–water partition coefficient (Wildman–Crippen LogP) is 2.54. The Kier molecular flexibility index (Phi) is 4.97. The average Bonchev–Trinajstić information content (AvgIpc) is 3.08. The number of carbonyl (C=O) groups excluding carboxylic acids is 2. The Balaban J connectivity index is 1.54. The third-order valence-corrected chi connectivity index (χ3v) is 4.17. The molecule has 0 radical (unpaired) electrons. The number of aryl methyl sites for hydroxylation is 2.